The van der Waals surface area contributed by atoms with E-state index in [1.54, 1.807) is 18.2 Å². The highest BCUT2D eigenvalue weighted by Crippen LogP contribution is 2.43. The van der Waals surface area contributed by atoms with Crippen LogP contribution in [0.15, 0.2) is 30.3 Å². The van der Waals surface area contributed by atoms with Crippen molar-refractivity contribution in [1.82, 2.24) is 0 Å². The van der Waals surface area contributed by atoms with Crippen LogP contribution in [0.25, 0.3) is 0 Å². The number of aromatic hydroxyl groups is 1. The van der Waals surface area contributed by atoms with Gasteiger partial charge in [-0.25, -0.2) is 4.39 Å². The van der Waals surface area contributed by atoms with Gasteiger partial charge in [-0.1, -0.05) is 6.07 Å². The van der Waals surface area contributed by atoms with E-state index in [1.165, 1.54) is 12.1 Å². The van der Waals surface area contributed by atoms with Crippen molar-refractivity contribution < 1.29 is 28.9 Å². The number of hydrogen-bond acceptors (Lipinski definition) is 4. The third-order valence-electron chi connectivity index (χ3n) is 4.82. The Balaban J connectivity index is 1.57. The van der Waals surface area contributed by atoms with Crippen molar-refractivity contribution in [3.8, 4) is 17.2 Å². The molecule has 0 amide bonds. The average molecular weight is 344 g/mol. The number of ether oxygens (including phenoxy) is 2. The number of carboxylic acids is 1. The van der Waals surface area contributed by atoms with Crippen LogP contribution in [0.1, 0.15) is 41.6 Å². The summed E-state index contributed by atoms with van der Waals surface area (Å²) in [4.78, 5) is 10.9. The molecular formula is C19H17FO5. The molecule has 6 heteroatoms. The molecule has 0 radical (unpaired) electrons. The van der Waals surface area contributed by atoms with Gasteiger partial charge in [-0.3, -0.25) is 4.79 Å². The van der Waals surface area contributed by atoms with E-state index in [2.05, 4.69) is 0 Å². The van der Waals surface area contributed by atoms with Crippen molar-refractivity contribution in [2.24, 2.45) is 0 Å². The molecule has 2 aromatic rings. The van der Waals surface area contributed by atoms with Gasteiger partial charge in [0, 0.05) is 28.7 Å². The third-order valence-corrected chi connectivity index (χ3v) is 4.82. The van der Waals surface area contributed by atoms with E-state index in [0.717, 1.165) is 5.56 Å². The number of carbonyl (C=O) groups is 1. The second-order valence-corrected chi connectivity index (χ2v) is 6.41. The molecule has 2 N–H and O–H groups in total. The maximum Gasteiger partial charge on any atom is 0.304 e. The van der Waals surface area contributed by atoms with Crippen molar-refractivity contribution in [3.63, 3.8) is 0 Å². The summed E-state index contributed by atoms with van der Waals surface area (Å²) in [5.74, 6) is -0.165. The number of phenols is 1. The number of halogens is 1. The number of fused-ring (bicyclic) bond motifs is 2. The molecule has 2 aromatic carbocycles. The highest BCUT2D eigenvalue weighted by atomic mass is 19.1. The topological polar surface area (TPSA) is 76.0 Å². The lowest BCUT2D eigenvalue weighted by Crippen LogP contribution is -2.07. The Kier molecular flexibility index (Phi) is 3.75. The Morgan fingerprint density at radius 2 is 2.16 bits per heavy atom. The van der Waals surface area contributed by atoms with Crippen molar-refractivity contribution in [2.45, 2.75) is 31.3 Å². The van der Waals surface area contributed by atoms with Gasteiger partial charge in [0.15, 0.2) is 0 Å². The molecule has 0 spiro atoms. The van der Waals surface area contributed by atoms with Gasteiger partial charge in [0.25, 0.3) is 0 Å². The Hall–Kier alpha value is -2.76. The molecule has 4 rings (SSSR count). The second kappa shape index (κ2) is 5.95. The van der Waals surface area contributed by atoms with Crippen LogP contribution in [0.3, 0.4) is 0 Å². The summed E-state index contributed by atoms with van der Waals surface area (Å²) in [6.45, 7) is 0.333. The summed E-state index contributed by atoms with van der Waals surface area (Å²) in [5, 5.41) is 18.8. The number of phenolic OH excluding ortho intramolecular Hbond substituents is 1. The predicted octanol–water partition coefficient (Wildman–Crippen LogP) is 3.55. The molecule has 2 aliphatic rings. The van der Waals surface area contributed by atoms with Crippen molar-refractivity contribution in [3.05, 3.63) is 52.8 Å². The smallest absolute Gasteiger partial charge is 0.304 e. The standard InChI is InChI=1S/C19H17FO5/c20-14-4-5-15(21)13-3-6-16(19(13)14)25-11-1-2-12-10(7-18(22)23)9-24-17(12)8-11/h1-2,4-5,8,10,16,21H,3,6-7,9H2,(H,22,23)/t10?,16-/m1/s1. The van der Waals surface area contributed by atoms with Crippen molar-refractivity contribution in [1.29, 1.82) is 0 Å². The fraction of sp³-hybridized carbons (Fsp3) is 0.316. The van der Waals surface area contributed by atoms with Gasteiger partial charge in [0.1, 0.15) is 29.2 Å². The molecule has 0 saturated heterocycles. The normalized spacial score (nSPS) is 20.7. The lowest BCUT2D eigenvalue weighted by Gasteiger charge is -2.16. The molecule has 5 nitrogen and oxygen atoms in total. The minimum Gasteiger partial charge on any atom is -0.508 e. The van der Waals surface area contributed by atoms with Gasteiger partial charge in [-0.15, -0.1) is 0 Å². The van der Waals surface area contributed by atoms with Crippen LogP contribution in [0.4, 0.5) is 4.39 Å². The molecular weight excluding hydrogens is 327 g/mol. The number of rotatable bonds is 4. The first-order chi connectivity index (χ1) is 12.0. The van der Waals surface area contributed by atoms with E-state index in [-0.39, 0.29) is 23.9 Å². The van der Waals surface area contributed by atoms with Crippen molar-refractivity contribution >= 4 is 5.97 Å². The van der Waals surface area contributed by atoms with Crippen LogP contribution in [0.5, 0.6) is 17.2 Å². The van der Waals surface area contributed by atoms with E-state index in [1.807, 2.05) is 0 Å². The fourth-order valence-corrected chi connectivity index (χ4v) is 3.65. The van der Waals surface area contributed by atoms with Crippen LogP contribution in [0, 0.1) is 5.82 Å². The summed E-state index contributed by atoms with van der Waals surface area (Å²) in [6.07, 6.45) is 0.708. The summed E-state index contributed by atoms with van der Waals surface area (Å²) in [6, 6.07) is 7.89. The predicted molar refractivity (Wildman–Crippen MR) is 86.7 cm³/mol. The zero-order chi connectivity index (χ0) is 17.6. The number of carboxylic acid groups (broad SMARTS) is 1. The zero-order valence-electron chi connectivity index (χ0n) is 13.4. The van der Waals surface area contributed by atoms with Crippen LogP contribution in [0.2, 0.25) is 0 Å². The molecule has 0 aromatic heterocycles. The molecule has 2 atom stereocenters. The van der Waals surface area contributed by atoms with Crippen LogP contribution < -0.4 is 9.47 Å². The van der Waals surface area contributed by atoms with Gasteiger partial charge in [0.2, 0.25) is 0 Å². The van der Waals surface area contributed by atoms with E-state index >= 15 is 0 Å². The van der Waals surface area contributed by atoms with Gasteiger partial charge in [0.05, 0.1) is 13.0 Å². The maximum absolute atomic E-state index is 14.1. The third kappa shape index (κ3) is 2.77. The number of benzene rings is 2. The van der Waals surface area contributed by atoms with E-state index in [9.17, 15) is 14.3 Å². The second-order valence-electron chi connectivity index (χ2n) is 6.41. The lowest BCUT2D eigenvalue weighted by molar-refractivity contribution is -0.137. The molecule has 25 heavy (non-hydrogen) atoms. The largest absolute Gasteiger partial charge is 0.508 e. The fourth-order valence-electron chi connectivity index (χ4n) is 3.65. The molecule has 130 valence electrons. The first-order valence-corrected chi connectivity index (χ1v) is 8.18. The minimum atomic E-state index is -0.861. The summed E-state index contributed by atoms with van der Waals surface area (Å²) in [5.41, 5.74) is 1.86. The lowest BCUT2D eigenvalue weighted by atomic mass is 9.98. The Morgan fingerprint density at radius 1 is 1.32 bits per heavy atom. The van der Waals surface area contributed by atoms with E-state index < -0.39 is 12.1 Å². The SMILES string of the molecule is O=C(O)CC1COc2cc(O[C@@H]3CCc4c(O)ccc(F)c43)ccc21. The first-order valence-electron chi connectivity index (χ1n) is 8.18. The molecule has 0 bridgehead atoms. The van der Waals surface area contributed by atoms with E-state index in [4.69, 9.17) is 14.6 Å². The Labute approximate surface area is 143 Å². The van der Waals surface area contributed by atoms with Gasteiger partial charge in [-0.05, 0) is 31.0 Å². The van der Waals surface area contributed by atoms with E-state index in [0.29, 0.717) is 42.1 Å². The van der Waals surface area contributed by atoms with Crippen molar-refractivity contribution in [2.75, 3.05) is 6.61 Å². The Bertz CT molecular complexity index is 848. The quantitative estimate of drug-likeness (QED) is 0.887. The zero-order valence-corrected chi connectivity index (χ0v) is 13.4. The molecule has 1 aliphatic heterocycles. The molecule has 1 aliphatic carbocycles. The van der Waals surface area contributed by atoms with Gasteiger partial charge >= 0.3 is 5.97 Å². The van der Waals surface area contributed by atoms with Crippen LogP contribution in [-0.2, 0) is 11.2 Å². The average Bonchev–Trinajstić information content (AvgIpc) is 3.16. The first kappa shape index (κ1) is 15.7. The number of hydrogen-bond donors (Lipinski definition) is 2. The summed E-state index contributed by atoms with van der Waals surface area (Å²) < 4.78 is 25.6. The molecule has 0 fully saturated rings. The molecule has 0 saturated carbocycles. The van der Waals surface area contributed by atoms with Crippen LogP contribution in [-0.4, -0.2) is 22.8 Å². The van der Waals surface area contributed by atoms with Gasteiger partial charge in [-0.2, -0.15) is 0 Å². The molecule has 1 unspecified atom stereocenters. The number of aliphatic carboxylic acids is 1. The Morgan fingerprint density at radius 3 is 2.96 bits per heavy atom. The monoisotopic (exact) mass is 344 g/mol. The minimum absolute atomic E-state index is 0.0215. The maximum atomic E-state index is 14.1. The van der Waals surface area contributed by atoms with Gasteiger partial charge < -0.3 is 19.7 Å². The summed E-state index contributed by atoms with van der Waals surface area (Å²) in [7, 11) is 0. The highest BCUT2D eigenvalue weighted by Gasteiger charge is 2.31. The van der Waals surface area contributed by atoms with Crippen LogP contribution >= 0.6 is 0 Å². The molecule has 1 heterocycles. The highest BCUT2D eigenvalue weighted by molar-refractivity contribution is 5.68. The summed E-state index contributed by atoms with van der Waals surface area (Å²) >= 11 is 0.